The Morgan fingerprint density at radius 3 is 2.20 bits per heavy atom. The maximum absolute atomic E-state index is 12.8. The SMILES string of the molecule is Cc1ccc(-n2c(C)cc(C(=O)COC(=O)c3ccc(S(=O)(=O)N4CCOCC4)cc3)c2C)cc1. The van der Waals surface area contributed by atoms with Crippen LogP contribution in [0, 0.1) is 20.8 Å². The number of nitrogens with zero attached hydrogens (tertiary/aromatic N) is 2. The third-order valence-corrected chi connectivity index (χ3v) is 7.97. The molecule has 0 N–H and O–H groups in total. The Labute approximate surface area is 205 Å². The summed E-state index contributed by atoms with van der Waals surface area (Å²) in [5.41, 5.74) is 4.43. The van der Waals surface area contributed by atoms with E-state index < -0.39 is 22.6 Å². The molecule has 1 aliphatic heterocycles. The van der Waals surface area contributed by atoms with Gasteiger partial charge in [-0.1, -0.05) is 17.7 Å². The normalized spacial score (nSPS) is 14.6. The Balaban J connectivity index is 1.42. The van der Waals surface area contributed by atoms with Gasteiger partial charge >= 0.3 is 5.97 Å². The van der Waals surface area contributed by atoms with E-state index >= 15 is 0 Å². The van der Waals surface area contributed by atoms with Gasteiger partial charge in [-0.2, -0.15) is 4.31 Å². The highest BCUT2D eigenvalue weighted by atomic mass is 32.2. The molecule has 8 nitrogen and oxygen atoms in total. The fraction of sp³-hybridized carbons (Fsp3) is 0.308. The van der Waals surface area contributed by atoms with Crippen LogP contribution in [0.5, 0.6) is 0 Å². The summed E-state index contributed by atoms with van der Waals surface area (Å²) in [5, 5.41) is 0. The first kappa shape index (κ1) is 24.8. The molecule has 0 atom stereocenters. The second-order valence-electron chi connectivity index (χ2n) is 8.50. The van der Waals surface area contributed by atoms with Crippen molar-refractivity contribution < 1.29 is 27.5 Å². The van der Waals surface area contributed by atoms with E-state index in [4.69, 9.17) is 9.47 Å². The van der Waals surface area contributed by atoms with Gasteiger partial charge in [0.25, 0.3) is 0 Å². The average molecular weight is 497 g/mol. The van der Waals surface area contributed by atoms with Crippen molar-refractivity contribution in [3.05, 3.63) is 82.7 Å². The summed E-state index contributed by atoms with van der Waals surface area (Å²) in [6, 6.07) is 15.3. The maximum Gasteiger partial charge on any atom is 0.338 e. The predicted octanol–water partition coefficient (Wildman–Crippen LogP) is 3.46. The molecule has 0 aliphatic carbocycles. The molecule has 1 saturated heterocycles. The second kappa shape index (κ2) is 10.2. The lowest BCUT2D eigenvalue weighted by molar-refractivity contribution is 0.0474. The van der Waals surface area contributed by atoms with Crippen molar-refractivity contribution in [3.8, 4) is 5.69 Å². The van der Waals surface area contributed by atoms with Crippen LogP contribution in [-0.4, -0.2) is 62.0 Å². The fourth-order valence-electron chi connectivity index (χ4n) is 4.13. The molecule has 2 aromatic carbocycles. The molecule has 0 amide bonds. The third-order valence-electron chi connectivity index (χ3n) is 6.06. The Bertz CT molecular complexity index is 1340. The van der Waals surface area contributed by atoms with Gasteiger partial charge in [0, 0.05) is 35.7 Å². The minimum absolute atomic E-state index is 0.0931. The topological polar surface area (TPSA) is 94.9 Å². The smallest absolute Gasteiger partial charge is 0.338 e. The number of sulfonamides is 1. The molecule has 0 bridgehead atoms. The molecule has 184 valence electrons. The monoisotopic (exact) mass is 496 g/mol. The quantitative estimate of drug-likeness (QED) is 0.367. The molecule has 1 aromatic heterocycles. The Hall–Kier alpha value is -3.27. The lowest BCUT2D eigenvalue weighted by atomic mass is 10.1. The van der Waals surface area contributed by atoms with Crippen molar-refractivity contribution in [2.45, 2.75) is 25.7 Å². The predicted molar refractivity (Wildman–Crippen MR) is 131 cm³/mol. The number of aromatic nitrogens is 1. The van der Waals surface area contributed by atoms with Gasteiger partial charge in [0.05, 0.1) is 23.7 Å². The lowest BCUT2D eigenvalue weighted by Gasteiger charge is -2.26. The van der Waals surface area contributed by atoms with E-state index in [2.05, 4.69) is 0 Å². The van der Waals surface area contributed by atoms with Crippen LogP contribution in [0.25, 0.3) is 5.69 Å². The first-order chi connectivity index (χ1) is 16.7. The number of morpholine rings is 1. The van der Waals surface area contributed by atoms with Gasteiger partial charge in [0.2, 0.25) is 15.8 Å². The van der Waals surface area contributed by atoms with E-state index in [1.807, 2.05) is 49.6 Å². The molecular weight excluding hydrogens is 468 g/mol. The molecule has 0 unspecified atom stereocenters. The van der Waals surface area contributed by atoms with Crippen LogP contribution in [0.3, 0.4) is 0 Å². The van der Waals surface area contributed by atoms with Gasteiger partial charge in [-0.3, -0.25) is 4.79 Å². The summed E-state index contributed by atoms with van der Waals surface area (Å²) < 4.78 is 39.2. The van der Waals surface area contributed by atoms with E-state index in [1.165, 1.54) is 28.6 Å². The number of rotatable bonds is 7. The summed E-state index contributed by atoms with van der Waals surface area (Å²) in [5.74, 6) is -1.00. The van der Waals surface area contributed by atoms with Crippen LogP contribution < -0.4 is 0 Å². The molecule has 0 spiro atoms. The first-order valence-corrected chi connectivity index (χ1v) is 12.8. The van der Waals surface area contributed by atoms with Crippen LogP contribution in [0.1, 0.15) is 37.7 Å². The zero-order valence-corrected chi connectivity index (χ0v) is 20.8. The van der Waals surface area contributed by atoms with Gasteiger partial charge in [0.1, 0.15) is 0 Å². The highest BCUT2D eigenvalue weighted by molar-refractivity contribution is 7.89. The summed E-state index contributed by atoms with van der Waals surface area (Å²) in [6.45, 7) is 6.66. The maximum atomic E-state index is 12.8. The average Bonchev–Trinajstić information content (AvgIpc) is 3.17. The number of hydrogen-bond acceptors (Lipinski definition) is 6. The number of carbonyl (C=O) groups is 2. The molecule has 4 rings (SSSR count). The summed E-state index contributed by atoms with van der Waals surface area (Å²) >= 11 is 0. The largest absolute Gasteiger partial charge is 0.454 e. The standard InChI is InChI=1S/C26H28N2O6S/c1-18-4-8-22(9-5-18)28-19(2)16-24(20(28)3)25(29)17-34-26(30)21-6-10-23(11-7-21)35(31,32)27-12-14-33-15-13-27/h4-11,16H,12-15,17H2,1-3H3. The minimum atomic E-state index is -3.65. The Kier molecular flexibility index (Phi) is 7.20. The van der Waals surface area contributed by atoms with Crippen LogP contribution in [-0.2, 0) is 19.5 Å². The van der Waals surface area contributed by atoms with Gasteiger partial charge in [-0.05, 0) is 63.2 Å². The molecule has 1 aliphatic rings. The van der Waals surface area contributed by atoms with E-state index in [0.29, 0.717) is 31.9 Å². The molecule has 0 radical (unpaired) electrons. The number of aryl methyl sites for hydroxylation is 2. The lowest BCUT2D eigenvalue weighted by Crippen LogP contribution is -2.40. The summed E-state index contributed by atoms with van der Waals surface area (Å²) in [4.78, 5) is 25.4. The number of ether oxygens (including phenoxy) is 2. The summed E-state index contributed by atoms with van der Waals surface area (Å²) in [6.07, 6.45) is 0. The molecule has 1 fully saturated rings. The Morgan fingerprint density at radius 2 is 1.57 bits per heavy atom. The second-order valence-corrected chi connectivity index (χ2v) is 10.4. The van der Waals surface area contributed by atoms with Crippen LogP contribution in [0.15, 0.2) is 59.5 Å². The minimum Gasteiger partial charge on any atom is -0.454 e. The number of hydrogen-bond donors (Lipinski definition) is 0. The fourth-order valence-corrected chi connectivity index (χ4v) is 5.54. The van der Waals surface area contributed by atoms with Crippen LogP contribution in [0.2, 0.25) is 0 Å². The molecule has 0 saturated carbocycles. The third kappa shape index (κ3) is 5.22. The van der Waals surface area contributed by atoms with E-state index in [1.54, 1.807) is 6.07 Å². The van der Waals surface area contributed by atoms with Gasteiger partial charge < -0.3 is 14.0 Å². The van der Waals surface area contributed by atoms with Crippen LogP contribution >= 0.6 is 0 Å². The van der Waals surface area contributed by atoms with E-state index in [-0.39, 0.29) is 16.2 Å². The van der Waals surface area contributed by atoms with Crippen molar-refractivity contribution in [2.75, 3.05) is 32.9 Å². The molecular formula is C26H28N2O6S. The van der Waals surface area contributed by atoms with Gasteiger partial charge in [-0.25, -0.2) is 13.2 Å². The van der Waals surface area contributed by atoms with Crippen molar-refractivity contribution in [2.24, 2.45) is 0 Å². The van der Waals surface area contributed by atoms with Crippen molar-refractivity contribution in [1.29, 1.82) is 0 Å². The van der Waals surface area contributed by atoms with Crippen molar-refractivity contribution >= 4 is 21.8 Å². The molecule has 9 heteroatoms. The number of benzene rings is 2. The zero-order chi connectivity index (χ0) is 25.2. The molecule has 35 heavy (non-hydrogen) atoms. The first-order valence-electron chi connectivity index (χ1n) is 11.3. The van der Waals surface area contributed by atoms with E-state index in [0.717, 1.165) is 22.6 Å². The zero-order valence-electron chi connectivity index (χ0n) is 20.0. The number of esters is 1. The van der Waals surface area contributed by atoms with E-state index in [9.17, 15) is 18.0 Å². The molecule has 2 heterocycles. The van der Waals surface area contributed by atoms with Gasteiger partial charge in [-0.15, -0.1) is 0 Å². The van der Waals surface area contributed by atoms with Crippen LogP contribution in [0.4, 0.5) is 0 Å². The van der Waals surface area contributed by atoms with Crippen molar-refractivity contribution in [1.82, 2.24) is 8.87 Å². The Morgan fingerprint density at radius 1 is 0.943 bits per heavy atom. The number of ketones is 1. The highest BCUT2D eigenvalue weighted by Crippen LogP contribution is 2.22. The number of carbonyl (C=O) groups excluding carboxylic acids is 2. The molecule has 3 aromatic rings. The number of Topliss-reactive ketones (excluding diaryl/α,β-unsaturated/α-hetero) is 1. The van der Waals surface area contributed by atoms with Crippen molar-refractivity contribution in [3.63, 3.8) is 0 Å². The van der Waals surface area contributed by atoms with Gasteiger partial charge in [0.15, 0.2) is 6.61 Å². The highest BCUT2D eigenvalue weighted by Gasteiger charge is 2.26. The summed E-state index contributed by atoms with van der Waals surface area (Å²) in [7, 11) is -3.65.